The van der Waals surface area contributed by atoms with Gasteiger partial charge in [0.15, 0.2) is 0 Å². The van der Waals surface area contributed by atoms with E-state index in [0.717, 1.165) is 12.0 Å². The lowest BCUT2D eigenvalue weighted by Gasteiger charge is -2.34. The Hall–Kier alpha value is -1.60. The van der Waals surface area contributed by atoms with E-state index < -0.39 is 10.0 Å². The number of methoxy groups -OCH3 is 1. The van der Waals surface area contributed by atoms with E-state index in [1.54, 1.807) is 17.0 Å². The predicted molar refractivity (Wildman–Crippen MR) is 106 cm³/mol. The molecule has 0 bridgehead atoms. The van der Waals surface area contributed by atoms with Crippen molar-refractivity contribution >= 4 is 15.9 Å². The molecule has 0 aromatic heterocycles. The maximum absolute atomic E-state index is 13.3. The van der Waals surface area contributed by atoms with Crippen molar-refractivity contribution in [2.45, 2.75) is 51.3 Å². The van der Waals surface area contributed by atoms with Gasteiger partial charge in [-0.05, 0) is 50.3 Å². The molecule has 1 fully saturated rings. The largest absolute Gasteiger partial charge is 0.495 e. The maximum atomic E-state index is 13.3. The molecule has 27 heavy (non-hydrogen) atoms. The van der Waals surface area contributed by atoms with Gasteiger partial charge >= 0.3 is 0 Å². The molecule has 1 atom stereocenters. The van der Waals surface area contributed by atoms with Gasteiger partial charge in [-0.1, -0.05) is 19.9 Å². The third-order valence-electron chi connectivity index (χ3n) is 5.28. The molecule has 1 aliphatic rings. The van der Waals surface area contributed by atoms with E-state index in [-0.39, 0.29) is 29.2 Å². The van der Waals surface area contributed by atoms with Crippen molar-refractivity contribution in [3.63, 3.8) is 0 Å². The molecule has 0 aliphatic carbocycles. The SMILES string of the molecule is CCN(CC)C(=O)[C@@H]1CCCN(S(=O)(=O)c2cc(C(C)C)ccc2OC)C1. The zero-order valence-corrected chi connectivity index (χ0v) is 17.9. The number of piperidine rings is 1. The van der Waals surface area contributed by atoms with Gasteiger partial charge in [0.1, 0.15) is 10.6 Å². The summed E-state index contributed by atoms with van der Waals surface area (Å²) in [4.78, 5) is 14.7. The van der Waals surface area contributed by atoms with Crippen molar-refractivity contribution in [2.24, 2.45) is 5.92 Å². The molecule has 0 saturated carbocycles. The fourth-order valence-electron chi connectivity index (χ4n) is 3.55. The van der Waals surface area contributed by atoms with E-state index in [1.807, 2.05) is 33.8 Å². The van der Waals surface area contributed by atoms with E-state index in [1.165, 1.54) is 11.4 Å². The zero-order valence-electron chi connectivity index (χ0n) is 17.1. The fraction of sp³-hybridized carbons (Fsp3) is 0.650. The average molecular weight is 397 g/mol. The van der Waals surface area contributed by atoms with Gasteiger partial charge in [-0.25, -0.2) is 8.42 Å². The minimum atomic E-state index is -3.73. The Balaban J connectivity index is 2.33. The summed E-state index contributed by atoms with van der Waals surface area (Å²) in [5, 5.41) is 0. The molecule has 1 aromatic carbocycles. The van der Waals surface area contributed by atoms with Gasteiger partial charge in [0.05, 0.1) is 13.0 Å². The molecule has 6 nitrogen and oxygen atoms in total. The fourth-order valence-corrected chi connectivity index (χ4v) is 5.26. The van der Waals surface area contributed by atoms with Crippen molar-refractivity contribution < 1.29 is 17.9 Å². The molecule has 1 heterocycles. The van der Waals surface area contributed by atoms with Crippen molar-refractivity contribution in [3.05, 3.63) is 23.8 Å². The van der Waals surface area contributed by atoms with Gasteiger partial charge in [-0.3, -0.25) is 4.79 Å². The van der Waals surface area contributed by atoms with Gasteiger partial charge in [0, 0.05) is 26.2 Å². The van der Waals surface area contributed by atoms with E-state index in [0.29, 0.717) is 31.8 Å². The lowest BCUT2D eigenvalue weighted by molar-refractivity contribution is -0.136. The van der Waals surface area contributed by atoms with Crippen molar-refractivity contribution in [1.82, 2.24) is 9.21 Å². The van der Waals surface area contributed by atoms with E-state index in [9.17, 15) is 13.2 Å². The first-order chi connectivity index (χ1) is 12.8. The second kappa shape index (κ2) is 9.06. The van der Waals surface area contributed by atoms with E-state index in [4.69, 9.17) is 4.74 Å². The summed E-state index contributed by atoms with van der Waals surface area (Å²) in [7, 11) is -2.25. The maximum Gasteiger partial charge on any atom is 0.246 e. The Morgan fingerprint density at radius 1 is 1.30 bits per heavy atom. The van der Waals surface area contributed by atoms with Crippen LogP contribution < -0.4 is 4.74 Å². The van der Waals surface area contributed by atoms with Crippen LogP contribution in [0.25, 0.3) is 0 Å². The Bertz CT molecular complexity index is 757. The van der Waals surface area contributed by atoms with Crippen molar-refractivity contribution in [1.29, 1.82) is 0 Å². The number of rotatable bonds is 7. The van der Waals surface area contributed by atoms with Crippen molar-refractivity contribution in [2.75, 3.05) is 33.3 Å². The zero-order chi connectivity index (χ0) is 20.2. The number of hydrogen-bond acceptors (Lipinski definition) is 4. The Morgan fingerprint density at radius 2 is 1.96 bits per heavy atom. The number of ether oxygens (including phenoxy) is 1. The first kappa shape index (κ1) is 21.7. The Labute approximate surface area is 163 Å². The quantitative estimate of drug-likeness (QED) is 0.710. The highest BCUT2D eigenvalue weighted by molar-refractivity contribution is 7.89. The third kappa shape index (κ3) is 4.63. The minimum absolute atomic E-state index is 0.0443. The summed E-state index contributed by atoms with van der Waals surface area (Å²) in [6.07, 6.45) is 1.41. The summed E-state index contributed by atoms with van der Waals surface area (Å²) in [6, 6.07) is 5.31. The summed E-state index contributed by atoms with van der Waals surface area (Å²) >= 11 is 0. The van der Waals surface area contributed by atoms with Gasteiger partial charge < -0.3 is 9.64 Å². The standard InChI is InChI=1S/C20H32N2O4S/c1-6-21(7-2)20(23)17-9-8-12-22(14-17)27(24,25)19-13-16(15(3)4)10-11-18(19)26-5/h10-11,13,15,17H,6-9,12,14H2,1-5H3/t17-/m1/s1. The monoisotopic (exact) mass is 396 g/mol. The highest BCUT2D eigenvalue weighted by atomic mass is 32.2. The second-order valence-electron chi connectivity index (χ2n) is 7.28. The number of hydrogen-bond donors (Lipinski definition) is 0. The van der Waals surface area contributed by atoms with Crippen LogP contribution in [-0.2, 0) is 14.8 Å². The molecule has 0 unspecified atom stereocenters. The van der Waals surface area contributed by atoms with Crippen LogP contribution in [-0.4, -0.2) is 56.8 Å². The number of benzene rings is 1. The molecule has 2 rings (SSSR count). The summed E-state index contributed by atoms with van der Waals surface area (Å²) in [6.45, 7) is 9.88. The number of nitrogens with zero attached hydrogens (tertiary/aromatic N) is 2. The van der Waals surface area contributed by atoms with Crippen LogP contribution in [0, 0.1) is 5.92 Å². The first-order valence-corrected chi connectivity index (χ1v) is 11.2. The van der Waals surface area contributed by atoms with Crippen LogP contribution in [0.15, 0.2) is 23.1 Å². The minimum Gasteiger partial charge on any atom is -0.495 e. The van der Waals surface area contributed by atoms with Gasteiger partial charge in [0.2, 0.25) is 15.9 Å². The molecule has 0 radical (unpaired) electrons. The van der Waals surface area contributed by atoms with Gasteiger partial charge in [-0.15, -0.1) is 0 Å². The number of sulfonamides is 1. The van der Waals surface area contributed by atoms with E-state index >= 15 is 0 Å². The second-order valence-corrected chi connectivity index (χ2v) is 9.18. The lowest BCUT2D eigenvalue weighted by Crippen LogP contribution is -2.46. The van der Waals surface area contributed by atoms with Crippen LogP contribution >= 0.6 is 0 Å². The van der Waals surface area contributed by atoms with Crippen LogP contribution in [0.1, 0.15) is 52.0 Å². The highest BCUT2D eigenvalue weighted by Gasteiger charge is 2.36. The summed E-state index contributed by atoms with van der Waals surface area (Å²) in [5.41, 5.74) is 0.946. The van der Waals surface area contributed by atoms with Crippen LogP contribution in [0.4, 0.5) is 0 Å². The molecule has 1 aliphatic heterocycles. The number of carbonyl (C=O) groups is 1. The number of amides is 1. The molecular weight excluding hydrogens is 364 g/mol. The molecular formula is C20H32N2O4S. The lowest BCUT2D eigenvalue weighted by atomic mass is 9.98. The molecule has 1 saturated heterocycles. The summed E-state index contributed by atoms with van der Waals surface area (Å²) in [5.74, 6) is 0.315. The molecule has 152 valence electrons. The molecule has 7 heteroatoms. The normalized spacial score (nSPS) is 18.5. The predicted octanol–water partition coefficient (Wildman–Crippen LogP) is 3.09. The van der Waals surface area contributed by atoms with Gasteiger partial charge in [0.25, 0.3) is 0 Å². The van der Waals surface area contributed by atoms with Gasteiger partial charge in [-0.2, -0.15) is 4.31 Å². The van der Waals surface area contributed by atoms with Crippen LogP contribution in [0.5, 0.6) is 5.75 Å². The Morgan fingerprint density at radius 3 is 2.52 bits per heavy atom. The smallest absolute Gasteiger partial charge is 0.246 e. The Kier molecular flexibility index (Phi) is 7.28. The summed E-state index contributed by atoms with van der Waals surface area (Å²) < 4.78 is 33.5. The van der Waals surface area contributed by atoms with Crippen molar-refractivity contribution in [3.8, 4) is 5.75 Å². The van der Waals surface area contributed by atoms with Crippen LogP contribution in [0.2, 0.25) is 0 Å². The highest BCUT2D eigenvalue weighted by Crippen LogP contribution is 2.32. The molecule has 1 aromatic rings. The topological polar surface area (TPSA) is 66.9 Å². The third-order valence-corrected chi connectivity index (χ3v) is 7.17. The van der Waals surface area contributed by atoms with Crippen LogP contribution in [0.3, 0.4) is 0 Å². The van der Waals surface area contributed by atoms with E-state index in [2.05, 4.69) is 0 Å². The average Bonchev–Trinajstić information content (AvgIpc) is 2.68. The first-order valence-electron chi connectivity index (χ1n) is 9.73. The molecule has 1 amide bonds. The molecule has 0 spiro atoms. The number of carbonyl (C=O) groups excluding carboxylic acids is 1. The molecule has 0 N–H and O–H groups in total.